The number of hydrogen-bond donors (Lipinski definition) is 1. The first kappa shape index (κ1) is 17.0. The van der Waals surface area contributed by atoms with Crippen molar-refractivity contribution < 1.29 is 4.79 Å². The summed E-state index contributed by atoms with van der Waals surface area (Å²) in [6.07, 6.45) is 3.32. The number of carbonyl (C=O) groups is 1. The van der Waals surface area contributed by atoms with Gasteiger partial charge in [0.25, 0.3) is 0 Å². The zero-order chi connectivity index (χ0) is 15.0. The Bertz CT molecular complexity index is 418. The lowest BCUT2D eigenvalue weighted by Crippen LogP contribution is -2.38. The highest BCUT2D eigenvalue weighted by molar-refractivity contribution is 6.18. The number of rotatable bonds is 8. The van der Waals surface area contributed by atoms with E-state index in [1.165, 1.54) is 11.1 Å². The molecule has 0 atom stereocenters. The van der Waals surface area contributed by atoms with E-state index in [1.54, 1.807) is 0 Å². The van der Waals surface area contributed by atoms with Crippen LogP contribution < -0.4 is 5.32 Å². The largest absolute Gasteiger partial charge is 0.355 e. The van der Waals surface area contributed by atoms with Gasteiger partial charge in [0.05, 0.1) is 0 Å². The van der Waals surface area contributed by atoms with Crippen LogP contribution in [0.1, 0.15) is 44.2 Å². The zero-order valence-electron chi connectivity index (χ0n) is 12.8. The van der Waals surface area contributed by atoms with Crippen molar-refractivity contribution in [3.05, 3.63) is 35.4 Å². The molecule has 1 N–H and O–H groups in total. The molecule has 3 heteroatoms. The molecule has 0 unspecified atom stereocenters. The van der Waals surface area contributed by atoms with E-state index in [9.17, 15) is 4.79 Å². The Morgan fingerprint density at radius 1 is 1.25 bits per heavy atom. The second-order valence-electron chi connectivity index (χ2n) is 5.54. The molecule has 20 heavy (non-hydrogen) atoms. The van der Waals surface area contributed by atoms with Crippen molar-refractivity contribution in [3.63, 3.8) is 0 Å². The molecule has 0 aliphatic rings. The van der Waals surface area contributed by atoms with Crippen molar-refractivity contribution in [1.82, 2.24) is 5.32 Å². The van der Waals surface area contributed by atoms with Crippen LogP contribution in [0.2, 0.25) is 0 Å². The highest BCUT2D eigenvalue weighted by atomic mass is 35.5. The Morgan fingerprint density at radius 3 is 2.45 bits per heavy atom. The molecule has 0 heterocycles. The Labute approximate surface area is 127 Å². The molecule has 1 amide bonds. The van der Waals surface area contributed by atoms with Gasteiger partial charge in [0, 0.05) is 24.3 Å². The maximum Gasteiger partial charge on any atom is 0.220 e. The van der Waals surface area contributed by atoms with E-state index in [4.69, 9.17) is 11.6 Å². The summed E-state index contributed by atoms with van der Waals surface area (Å²) in [5, 5.41) is 3.04. The minimum absolute atomic E-state index is 0.0415. The molecular formula is C17H26ClNO. The lowest BCUT2D eigenvalue weighted by molar-refractivity contribution is -0.121. The standard InChI is InChI=1S/C17H26ClNO/c1-4-17(5-2,12-18)13-19-16(20)11-10-15-9-7-6-8-14(15)3/h6-9H,4-5,10-13H2,1-3H3,(H,19,20). The van der Waals surface area contributed by atoms with Crippen LogP contribution in [-0.4, -0.2) is 18.3 Å². The second-order valence-corrected chi connectivity index (χ2v) is 5.81. The fourth-order valence-corrected chi connectivity index (χ4v) is 2.72. The van der Waals surface area contributed by atoms with Crippen LogP contribution >= 0.6 is 11.6 Å². The lowest BCUT2D eigenvalue weighted by atomic mass is 9.84. The predicted octanol–water partition coefficient (Wildman–Crippen LogP) is 4.09. The first-order valence-corrected chi connectivity index (χ1v) is 7.97. The third-order valence-electron chi connectivity index (χ3n) is 4.33. The number of carbonyl (C=O) groups excluding carboxylic acids is 1. The first-order valence-electron chi connectivity index (χ1n) is 7.44. The summed E-state index contributed by atoms with van der Waals surface area (Å²) >= 11 is 6.05. The third-order valence-corrected chi connectivity index (χ3v) is 4.89. The van der Waals surface area contributed by atoms with Gasteiger partial charge >= 0.3 is 0 Å². The van der Waals surface area contributed by atoms with Gasteiger partial charge in [0.2, 0.25) is 5.91 Å². The Hall–Kier alpha value is -1.02. The van der Waals surface area contributed by atoms with Crippen molar-refractivity contribution in [2.75, 3.05) is 12.4 Å². The van der Waals surface area contributed by atoms with Crippen LogP contribution in [0.25, 0.3) is 0 Å². The molecular weight excluding hydrogens is 270 g/mol. The smallest absolute Gasteiger partial charge is 0.220 e. The number of alkyl halides is 1. The quantitative estimate of drug-likeness (QED) is 0.719. The summed E-state index contributed by atoms with van der Waals surface area (Å²) in [5.41, 5.74) is 2.54. The number of nitrogens with one attached hydrogen (secondary N) is 1. The van der Waals surface area contributed by atoms with E-state index in [2.05, 4.69) is 38.2 Å². The molecule has 0 aliphatic heterocycles. The average molecular weight is 296 g/mol. The zero-order valence-corrected chi connectivity index (χ0v) is 13.6. The van der Waals surface area contributed by atoms with Gasteiger partial charge in [-0.15, -0.1) is 11.6 Å². The molecule has 1 rings (SSSR count). The van der Waals surface area contributed by atoms with Crippen LogP contribution in [-0.2, 0) is 11.2 Å². The summed E-state index contributed by atoms with van der Waals surface area (Å²) in [4.78, 5) is 12.0. The van der Waals surface area contributed by atoms with Crippen LogP contribution in [0, 0.1) is 12.3 Å². The van der Waals surface area contributed by atoms with Gasteiger partial charge in [-0.1, -0.05) is 38.1 Å². The summed E-state index contributed by atoms with van der Waals surface area (Å²) in [6.45, 7) is 7.02. The number of hydrogen-bond acceptors (Lipinski definition) is 1. The Morgan fingerprint density at radius 2 is 1.90 bits per heavy atom. The molecule has 0 spiro atoms. The predicted molar refractivity (Wildman–Crippen MR) is 86.2 cm³/mol. The van der Waals surface area contributed by atoms with Gasteiger partial charge in [-0.2, -0.15) is 0 Å². The normalized spacial score (nSPS) is 11.4. The molecule has 112 valence electrons. The lowest BCUT2D eigenvalue weighted by Gasteiger charge is -2.29. The van der Waals surface area contributed by atoms with Crippen LogP contribution in [0.5, 0.6) is 0 Å². The monoisotopic (exact) mass is 295 g/mol. The maximum absolute atomic E-state index is 12.0. The van der Waals surface area contributed by atoms with Crippen molar-refractivity contribution in [2.45, 2.75) is 46.5 Å². The van der Waals surface area contributed by atoms with Crippen LogP contribution in [0.15, 0.2) is 24.3 Å². The number of benzene rings is 1. The molecule has 0 aliphatic carbocycles. The van der Waals surface area contributed by atoms with Gasteiger partial charge in [0.15, 0.2) is 0 Å². The van der Waals surface area contributed by atoms with Gasteiger partial charge in [-0.25, -0.2) is 0 Å². The molecule has 0 radical (unpaired) electrons. The highest BCUT2D eigenvalue weighted by Crippen LogP contribution is 2.26. The summed E-state index contributed by atoms with van der Waals surface area (Å²) in [5.74, 6) is 0.711. The van der Waals surface area contributed by atoms with Gasteiger partial charge < -0.3 is 5.32 Å². The van der Waals surface area contributed by atoms with Crippen molar-refractivity contribution in [1.29, 1.82) is 0 Å². The van der Waals surface area contributed by atoms with Crippen molar-refractivity contribution >= 4 is 17.5 Å². The fourth-order valence-electron chi connectivity index (χ4n) is 2.25. The van der Waals surface area contributed by atoms with E-state index in [-0.39, 0.29) is 11.3 Å². The topological polar surface area (TPSA) is 29.1 Å². The maximum atomic E-state index is 12.0. The second kappa shape index (κ2) is 8.31. The molecule has 0 saturated heterocycles. The van der Waals surface area contributed by atoms with Crippen LogP contribution in [0.3, 0.4) is 0 Å². The van der Waals surface area contributed by atoms with E-state index < -0.39 is 0 Å². The molecule has 1 aromatic carbocycles. The van der Waals surface area contributed by atoms with E-state index >= 15 is 0 Å². The molecule has 0 bridgehead atoms. The summed E-state index contributed by atoms with van der Waals surface area (Å²) < 4.78 is 0. The van der Waals surface area contributed by atoms with Gasteiger partial charge in [0.1, 0.15) is 0 Å². The van der Waals surface area contributed by atoms with E-state index in [0.29, 0.717) is 18.8 Å². The third kappa shape index (κ3) is 4.82. The molecule has 0 aromatic heterocycles. The summed E-state index contributed by atoms with van der Waals surface area (Å²) in [7, 11) is 0. The molecule has 1 aromatic rings. The minimum Gasteiger partial charge on any atom is -0.355 e. The van der Waals surface area contributed by atoms with Crippen molar-refractivity contribution in [3.8, 4) is 0 Å². The molecule has 0 saturated carbocycles. The number of halogens is 1. The highest BCUT2D eigenvalue weighted by Gasteiger charge is 2.25. The van der Waals surface area contributed by atoms with Gasteiger partial charge in [-0.05, 0) is 37.3 Å². The van der Waals surface area contributed by atoms with E-state index in [0.717, 1.165) is 19.3 Å². The molecule has 2 nitrogen and oxygen atoms in total. The van der Waals surface area contributed by atoms with Crippen molar-refractivity contribution in [2.24, 2.45) is 5.41 Å². The Kier molecular flexibility index (Phi) is 7.08. The van der Waals surface area contributed by atoms with Crippen LogP contribution in [0.4, 0.5) is 0 Å². The Balaban J connectivity index is 2.43. The fraction of sp³-hybridized carbons (Fsp3) is 0.588. The van der Waals surface area contributed by atoms with Gasteiger partial charge in [-0.3, -0.25) is 4.79 Å². The SMILES string of the molecule is CCC(CC)(CCl)CNC(=O)CCc1ccccc1C. The number of amides is 1. The minimum atomic E-state index is 0.0415. The summed E-state index contributed by atoms with van der Waals surface area (Å²) in [6, 6.07) is 8.22. The first-order chi connectivity index (χ1) is 9.56. The van der Waals surface area contributed by atoms with E-state index in [1.807, 2.05) is 12.1 Å². The average Bonchev–Trinajstić information content (AvgIpc) is 2.48. The number of aryl methyl sites for hydroxylation is 2. The molecule has 0 fully saturated rings.